The van der Waals surface area contributed by atoms with E-state index in [1.165, 1.54) is 0 Å². The van der Waals surface area contributed by atoms with Crippen LogP contribution < -0.4 is 9.47 Å². The van der Waals surface area contributed by atoms with Crippen LogP contribution in [0.3, 0.4) is 0 Å². The van der Waals surface area contributed by atoms with E-state index in [1.54, 1.807) is 14.2 Å². The van der Waals surface area contributed by atoms with Crippen molar-refractivity contribution in [3.05, 3.63) is 87.6 Å². The van der Waals surface area contributed by atoms with E-state index >= 15 is 0 Å². The number of benzene rings is 3. The lowest BCUT2D eigenvalue weighted by molar-refractivity contribution is 0.104. The molecule has 1 aromatic heterocycles. The predicted molar refractivity (Wildman–Crippen MR) is 119 cm³/mol. The normalized spacial score (nSPS) is 10.8. The molecule has 0 bridgehead atoms. The molecule has 3 aromatic carbocycles. The van der Waals surface area contributed by atoms with Crippen molar-refractivity contribution in [3.8, 4) is 17.2 Å². The molecule has 0 atom stereocenters. The summed E-state index contributed by atoms with van der Waals surface area (Å²) in [7, 11) is 3.28. The van der Waals surface area contributed by atoms with Crippen molar-refractivity contribution in [2.45, 2.75) is 0 Å². The third-order valence-electron chi connectivity index (χ3n) is 4.71. The standard InChI is InChI=1S/C23H18INO3/c1-27-18-9-7-17(8-10-18)25-14-21(20-12-11-19(28-2)13-22(20)25)23(26)15-3-5-16(24)6-4-15/h3-14H,1-2H3. The Balaban J connectivity index is 1.89. The molecule has 0 aliphatic carbocycles. The summed E-state index contributed by atoms with van der Waals surface area (Å²) < 4.78 is 13.8. The summed E-state index contributed by atoms with van der Waals surface area (Å²) in [5, 5.41) is 0.889. The van der Waals surface area contributed by atoms with Gasteiger partial charge in [-0.15, -0.1) is 0 Å². The maximum atomic E-state index is 13.2. The molecule has 4 aromatic rings. The van der Waals surface area contributed by atoms with Crippen molar-refractivity contribution in [2.24, 2.45) is 0 Å². The molecular formula is C23H18INO3. The first kappa shape index (κ1) is 18.6. The number of halogens is 1. The Morgan fingerprint density at radius 2 is 1.50 bits per heavy atom. The number of fused-ring (bicyclic) bond motifs is 1. The Bertz CT molecular complexity index is 1150. The summed E-state index contributed by atoms with van der Waals surface area (Å²) in [5.41, 5.74) is 3.19. The molecule has 4 nitrogen and oxygen atoms in total. The molecule has 1 heterocycles. The number of nitrogens with zero attached hydrogens (tertiary/aromatic N) is 1. The molecule has 0 saturated carbocycles. The molecule has 0 aliphatic rings. The van der Waals surface area contributed by atoms with Gasteiger partial charge in [0.15, 0.2) is 5.78 Å². The SMILES string of the molecule is COc1ccc(-n2cc(C(=O)c3ccc(I)cc3)c3ccc(OC)cc32)cc1. The number of rotatable bonds is 5. The molecule has 4 rings (SSSR count). The van der Waals surface area contributed by atoms with Crippen LogP contribution in [0, 0.1) is 3.57 Å². The van der Waals surface area contributed by atoms with E-state index in [-0.39, 0.29) is 5.78 Å². The van der Waals surface area contributed by atoms with Gasteiger partial charge in [-0.3, -0.25) is 4.79 Å². The quantitative estimate of drug-likeness (QED) is 0.279. The van der Waals surface area contributed by atoms with Crippen molar-refractivity contribution in [1.82, 2.24) is 4.57 Å². The van der Waals surface area contributed by atoms with Gasteiger partial charge in [0.1, 0.15) is 11.5 Å². The maximum absolute atomic E-state index is 13.2. The van der Waals surface area contributed by atoms with Crippen LogP contribution in [-0.2, 0) is 0 Å². The number of carbonyl (C=O) groups excluding carboxylic acids is 1. The topological polar surface area (TPSA) is 40.5 Å². The average Bonchev–Trinajstić information content (AvgIpc) is 3.12. The third kappa shape index (κ3) is 3.38. The van der Waals surface area contributed by atoms with Crippen molar-refractivity contribution in [3.63, 3.8) is 0 Å². The van der Waals surface area contributed by atoms with Crippen LogP contribution in [0.2, 0.25) is 0 Å². The van der Waals surface area contributed by atoms with Gasteiger partial charge in [0, 0.05) is 38.0 Å². The van der Waals surface area contributed by atoms with Gasteiger partial charge in [0.25, 0.3) is 0 Å². The van der Waals surface area contributed by atoms with Gasteiger partial charge < -0.3 is 14.0 Å². The highest BCUT2D eigenvalue weighted by atomic mass is 127. The second-order valence-corrected chi connectivity index (χ2v) is 7.58. The van der Waals surface area contributed by atoms with Gasteiger partial charge in [-0.2, -0.15) is 0 Å². The van der Waals surface area contributed by atoms with Gasteiger partial charge in [-0.1, -0.05) is 0 Å². The average molecular weight is 483 g/mol. The summed E-state index contributed by atoms with van der Waals surface area (Å²) in [5.74, 6) is 1.53. The van der Waals surface area contributed by atoms with Crippen molar-refractivity contribution in [1.29, 1.82) is 0 Å². The number of methoxy groups -OCH3 is 2. The number of carbonyl (C=O) groups is 1. The second-order valence-electron chi connectivity index (χ2n) is 6.33. The minimum atomic E-state index is -0.00108. The summed E-state index contributed by atoms with van der Waals surface area (Å²) in [6.07, 6.45) is 1.90. The van der Waals surface area contributed by atoms with Crippen LogP contribution >= 0.6 is 22.6 Å². The van der Waals surface area contributed by atoms with Crippen molar-refractivity contribution >= 4 is 39.3 Å². The van der Waals surface area contributed by atoms with E-state index in [9.17, 15) is 4.79 Å². The molecule has 28 heavy (non-hydrogen) atoms. The smallest absolute Gasteiger partial charge is 0.195 e. The molecule has 0 aliphatic heterocycles. The van der Waals surface area contributed by atoms with Crippen LogP contribution in [-0.4, -0.2) is 24.6 Å². The number of ether oxygens (including phenoxy) is 2. The summed E-state index contributed by atoms with van der Waals surface area (Å²) in [4.78, 5) is 13.2. The zero-order valence-electron chi connectivity index (χ0n) is 15.5. The van der Waals surface area contributed by atoms with Crippen LogP contribution in [0.25, 0.3) is 16.6 Å². The Kier molecular flexibility index (Phi) is 5.09. The first-order valence-electron chi connectivity index (χ1n) is 8.74. The highest BCUT2D eigenvalue weighted by Crippen LogP contribution is 2.30. The molecule has 5 heteroatoms. The number of hydrogen-bond acceptors (Lipinski definition) is 3. The van der Waals surface area contributed by atoms with Crippen molar-refractivity contribution in [2.75, 3.05) is 14.2 Å². The molecule has 0 radical (unpaired) electrons. The number of aromatic nitrogens is 1. The molecule has 0 saturated heterocycles. The Hall–Kier alpha value is -2.80. The van der Waals surface area contributed by atoms with Gasteiger partial charge in [-0.05, 0) is 83.3 Å². The molecule has 0 amide bonds. The van der Waals surface area contributed by atoms with Gasteiger partial charge >= 0.3 is 0 Å². The van der Waals surface area contributed by atoms with Gasteiger partial charge in [0.05, 0.1) is 19.7 Å². The number of ketones is 1. The molecule has 0 N–H and O–H groups in total. The van der Waals surface area contributed by atoms with Crippen LogP contribution in [0.5, 0.6) is 11.5 Å². The molecule has 0 unspecified atom stereocenters. The lowest BCUT2D eigenvalue weighted by atomic mass is 10.0. The van der Waals surface area contributed by atoms with E-state index in [0.717, 1.165) is 31.7 Å². The Labute approximate surface area is 176 Å². The van der Waals surface area contributed by atoms with Crippen LogP contribution in [0.1, 0.15) is 15.9 Å². The van der Waals surface area contributed by atoms with Gasteiger partial charge in [0.2, 0.25) is 0 Å². The monoisotopic (exact) mass is 483 g/mol. The molecule has 0 spiro atoms. The molecule has 140 valence electrons. The highest BCUT2D eigenvalue weighted by molar-refractivity contribution is 14.1. The van der Waals surface area contributed by atoms with Gasteiger partial charge in [-0.25, -0.2) is 0 Å². The highest BCUT2D eigenvalue weighted by Gasteiger charge is 2.18. The largest absolute Gasteiger partial charge is 0.497 e. The zero-order chi connectivity index (χ0) is 19.7. The van der Waals surface area contributed by atoms with E-state index in [4.69, 9.17) is 9.47 Å². The third-order valence-corrected chi connectivity index (χ3v) is 5.43. The van der Waals surface area contributed by atoms with E-state index in [2.05, 4.69) is 22.6 Å². The second kappa shape index (κ2) is 7.67. The summed E-state index contributed by atoms with van der Waals surface area (Å²) in [6, 6.07) is 21.1. The number of hydrogen-bond donors (Lipinski definition) is 0. The summed E-state index contributed by atoms with van der Waals surface area (Å²) >= 11 is 2.23. The lowest BCUT2D eigenvalue weighted by Gasteiger charge is -2.07. The minimum Gasteiger partial charge on any atom is -0.497 e. The molecular weight excluding hydrogens is 465 g/mol. The first-order chi connectivity index (χ1) is 13.6. The summed E-state index contributed by atoms with van der Waals surface area (Å²) in [6.45, 7) is 0. The Morgan fingerprint density at radius 3 is 2.14 bits per heavy atom. The van der Waals surface area contributed by atoms with E-state index in [1.807, 2.05) is 77.5 Å². The van der Waals surface area contributed by atoms with Crippen LogP contribution in [0.4, 0.5) is 0 Å². The predicted octanol–water partition coefficient (Wildman–Crippen LogP) is 5.48. The van der Waals surface area contributed by atoms with E-state index < -0.39 is 0 Å². The van der Waals surface area contributed by atoms with Crippen LogP contribution in [0.15, 0.2) is 72.9 Å². The Morgan fingerprint density at radius 1 is 0.857 bits per heavy atom. The van der Waals surface area contributed by atoms with Crippen molar-refractivity contribution < 1.29 is 14.3 Å². The fraction of sp³-hybridized carbons (Fsp3) is 0.0870. The lowest BCUT2D eigenvalue weighted by Crippen LogP contribution is -2.00. The zero-order valence-corrected chi connectivity index (χ0v) is 17.6. The first-order valence-corrected chi connectivity index (χ1v) is 9.82. The maximum Gasteiger partial charge on any atom is 0.195 e. The van der Waals surface area contributed by atoms with E-state index in [0.29, 0.717) is 11.1 Å². The fourth-order valence-electron chi connectivity index (χ4n) is 3.23. The molecule has 0 fully saturated rings. The fourth-order valence-corrected chi connectivity index (χ4v) is 3.59. The minimum absolute atomic E-state index is 0.00108.